The molecule has 2 aliphatic carbocycles. The van der Waals surface area contributed by atoms with Crippen LogP contribution >= 0.6 is 12.6 Å². The third kappa shape index (κ3) is 2.74. The van der Waals surface area contributed by atoms with Crippen molar-refractivity contribution in [2.75, 3.05) is 0 Å². The molecule has 13 heavy (non-hydrogen) atoms. The fourth-order valence-corrected chi connectivity index (χ4v) is 1.11. The van der Waals surface area contributed by atoms with Crippen LogP contribution in [-0.4, -0.2) is 16.7 Å². The van der Waals surface area contributed by atoms with Gasteiger partial charge in [-0.05, 0) is 19.3 Å². The van der Waals surface area contributed by atoms with Crippen LogP contribution in [0.25, 0.3) is 0 Å². The summed E-state index contributed by atoms with van der Waals surface area (Å²) in [6.07, 6.45) is 5.03. The first kappa shape index (κ1) is 10.6. The molecular weight excluding hydrogens is 184 g/mol. The van der Waals surface area contributed by atoms with Gasteiger partial charge in [0.05, 0.1) is 0 Å². The van der Waals surface area contributed by atoms with Crippen LogP contribution in [-0.2, 0) is 4.79 Å². The number of rotatable bonds is 2. The van der Waals surface area contributed by atoms with Crippen LogP contribution in [0.2, 0.25) is 0 Å². The van der Waals surface area contributed by atoms with Gasteiger partial charge in [-0.15, -0.1) is 6.58 Å². The Hall–Kier alpha value is -0.480. The summed E-state index contributed by atoms with van der Waals surface area (Å²) in [5.74, 6) is -0.317. The van der Waals surface area contributed by atoms with Crippen molar-refractivity contribution in [2.45, 2.75) is 30.1 Å². The lowest BCUT2D eigenvalue weighted by atomic mass is 10.2. The van der Waals surface area contributed by atoms with Crippen LogP contribution < -0.4 is 11.5 Å². The summed E-state index contributed by atoms with van der Waals surface area (Å²) in [5, 5.41) is 0.778. The highest BCUT2D eigenvalue weighted by Crippen LogP contribution is 2.41. The summed E-state index contributed by atoms with van der Waals surface area (Å²) in [4.78, 5) is 10.5. The molecule has 2 rings (SSSR count). The number of hydrogen-bond donors (Lipinski definition) is 3. The molecule has 2 atom stereocenters. The highest BCUT2D eigenvalue weighted by molar-refractivity contribution is 7.81. The van der Waals surface area contributed by atoms with E-state index in [1.54, 1.807) is 6.08 Å². The first-order valence-corrected chi connectivity index (χ1v) is 4.91. The summed E-state index contributed by atoms with van der Waals surface area (Å²) < 4.78 is 0. The molecule has 0 aliphatic heterocycles. The molecule has 0 heterocycles. The van der Waals surface area contributed by atoms with Crippen molar-refractivity contribution in [2.24, 2.45) is 17.4 Å². The molecule has 0 radical (unpaired) electrons. The minimum absolute atomic E-state index is 0.106. The van der Waals surface area contributed by atoms with Crippen molar-refractivity contribution in [1.29, 1.82) is 0 Å². The van der Waals surface area contributed by atoms with Gasteiger partial charge in [0.15, 0.2) is 0 Å². The average Bonchev–Trinajstić information content (AvgIpc) is 2.92. The quantitative estimate of drug-likeness (QED) is 0.447. The Kier molecular flexibility index (Phi) is 3.03. The van der Waals surface area contributed by atoms with E-state index in [1.165, 1.54) is 12.8 Å². The van der Waals surface area contributed by atoms with Crippen molar-refractivity contribution in [3.63, 3.8) is 0 Å². The highest BCUT2D eigenvalue weighted by Gasteiger charge is 2.54. The second kappa shape index (κ2) is 3.72. The predicted octanol–water partition coefficient (Wildman–Crippen LogP) is 0.454. The summed E-state index contributed by atoms with van der Waals surface area (Å²) in [7, 11) is 0. The van der Waals surface area contributed by atoms with Gasteiger partial charge >= 0.3 is 0 Å². The molecule has 0 aromatic carbocycles. The van der Waals surface area contributed by atoms with Crippen molar-refractivity contribution in [3.8, 4) is 0 Å². The van der Waals surface area contributed by atoms with Crippen LogP contribution in [0, 0.1) is 5.92 Å². The standard InChI is InChI=1S/C6H10N2O.C3H6S/c1-2-4-3-6(4,8)5(7)9;4-3-1-2-3/h2,4H,1,3,8H2,(H2,7,9);3-4H,1-2H2/t4-,6-;/m1./s1. The lowest BCUT2D eigenvalue weighted by molar-refractivity contribution is -0.120. The van der Waals surface area contributed by atoms with E-state index in [0.29, 0.717) is 6.42 Å². The van der Waals surface area contributed by atoms with Crippen LogP contribution in [0.1, 0.15) is 19.3 Å². The van der Waals surface area contributed by atoms with E-state index in [9.17, 15) is 4.79 Å². The van der Waals surface area contributed by atoms with Gasteiger partial charge in [-0.2, -0.15) is 12.6 Å². The maximum Gasteiger partial charge on any atom is 0.238 e. The smallest absolute Gasteiger partial charge is 0.238 e. The van der Waals surface area contributed by atoms with Crippen molar-refractivity contribution in [1.82, 2.24) is 0 Å². The van der Waals surface area contributed by atoms with E-state index >= 15 is 0 Å². The first-order chi connectivity index (χ1) is 6.00. The molecule has 74 valence electrons. The Balaban J connectivity index is 0.000000175. The van der Waals surface area contributed by atoms with E-state index in [0.717, 1.165) is 5.25 Å². The zero-order valence-corrected chi connectivity index (χ0v) is 8.47. The Morgan fingerprint density at radius 2 is 2.08 bits per heavy atom. The highest BCUT2D eigenvalue weighted by atomic mass is 32.1. The second-order valence-electron chi connectivity index (χ2n) is 3.68. The summed E-state index contributed by atoms with van der Waals surface area (Å²) in [6, 6.07) is 0. The van der Waals surface area contributed by atoms with Crippen molar-refractivity contribution >= 4 is 18.5 Å². The molecule has 0 unspecified atom stereocenters. The number of hydrogen-bond acceptors (Lipinski definition) is 3. The molecule has 3 nitrogen and oxygen atoms in total. The van der Waals surface area contributed by atoms with Gasteiger partial charge in [-0.1, -0.05) is 6.08 Å². The van der Waals surface area contributed by atoms with Gasteiger partial charge in [0.25, 0.3) is 0 Å². The normalized spacial score (nSPS) is 35.7. The SMILES string of the molecule is C=C[C@@H]1C[C@]1(N)C(N)=O.SC1CC1. The maximum atomic E-state index is 10.5. The number of amides is 1. The number of carbonyl (C=O) groups is 1. The van der Waals surface area contributed by atoms with Gasteiger partial charge < -0.3 is 11.5 Å². The molecule has 1 amide bonds. The van der Waals surface area contributed by atoms with Crippen LogP contribution in [0.4, 0.5) is 0 Å². The Morgan fingerprint density at radius 1 is 1.62 bits per heavy atom. The van der Waals surface area contributed by atoms with Crippen molar-refractivity contribution < 1.29 is 4.79 Å². The third-order valence-corrected chi connectivity index (χ3v) is 2.87. The number of carbonyl (C=O) groups excluding carboxylic acids is 1. The average molecular weight is 200 g/mol. The molecule has 2 aliphatic rings. The molecule has 0 aromatic rings. The number of nitrogens with two attached hydrogens (primary N) is 2. The molecule has 2 saturated carbocycles. The van der Waals surface area contributed by atoms with Crippen molar-refractivity contribution in [3.05, 3.63) is 12.7 Å². The van der Waals surface area contributed by atoms with E-state index in [2.05, 4.69) is 19.2 Å². The number of primary amides is 1. The molecule has 0 aromatic heterocycles. The fraction of sp³-hybridized carbons (Fsp3) is 0.667. The van der Waals surface area contributed by atoms with Gasteiger partial charge in [0, 0.05) is 11.2 Å². The maximum absolute atomic E-state index is 10.5. The van der Waals surface area contributed by atoms with Crippen LogP contribution in [0.5, 0.6) is 0 Å². The summed E-state index contributed by atoms with van der Waals surface area (Å²) in [6.45, 7) is 3.51. The first-order valence-electron chi connectivity index (χ1n) is 4.40. The van der Waals surface area contributed by atoms with Gasteiger partial charge in [-0.3, -0.25) is 4.79 Å². The largest absolute Gasteiger partial charge is 0.368 e. The van der Waals surface area contributed by atoms with Gasteiger partial charge in [0.2, 0.25) is 5.91 Å². The second-order valence-corrected chi connectivity index (χ2v) is 4.41. The molecule has 0 spiro atoms. The molecule has 2 fully saturated rings. The third-order valence-electron chi connectivity index (χ3n) is 2.35. The Bertz CT molecular complexity index is 228. The van der Waals surface area contributed by atoms with E-state index in [-0.39, 0.29) is 5.92 Å². The minimum Gasteiger partial charge on any atom is -0.368 e. The van der Waals surface area contributed by atoms with E-state index in [1.807, 2.05) is 0 Å². The lowest BCUT2D eigenvalue weighted by Gasteiger charge is -2.01. The molecule has 4 N–H and O–H groups in total. The molecule has 0 saturated heterocycles. The predicted molar refractivity (Wildman–Crippen MR) is 56.4 cm³/mol. The Labute approximate surface area is 84.0 Å². The number of thiol groups is 1. The Morgan fingerprint density at radius 3 is 2.15 bits per heavy atom. The summed E-state index contributed by atoms with van der Waals surface area (Å²) >= 11 is 4.08. The fourth-order valence-electron chi connectivity index (χ4n) is 0.956. The summed E-state index contributed by atoms with van der Waals surface area (Å²) in [5.41, 5.74) is 9.72. The van der Waals surface area contributed by atoms with Gasteiger partial charge in [-0.25, -0.2) is 0 Å². The molecular formula is C9H16N2OS. The van der Waals surface area contributed by atoms with E-state index < -0.39 is 11.4 Å². The lowest BCUT2D eigenvalue weighted by Crippen LogP contribution is -2.40. The minimum atomic E-state index is -0.762. The topological polar surface area (TPSA) is 69.1 Å². The monoisotopic (exact) mass is 200 g/mol. The molecule has 0 bridgehead atoms. The van der Waals surface area contributed by atoms with Crippen LogP contribution in [0.15, 0.2) is 12.7 Å². The molecule has 4 heteroatoms. The van der Waals surface area contributed by atoms with Gasteiger partial charge in [0.1, 0.15) is 5.54 Å². The zero-order chi connectivity index (χ0) is 10.1. The van der Waals surface area contributed by atoms with E-state index in [4.69, 9.17) is 11.5 Å². The zero-order valence-electron chi connectivity index (χ0n) is 7.57. The van der Waals surface area contributed by atoms with Crippen LogP contribution in [0.3, 0.4) is 0 Å².